The fourth-order valence-corrected chi connectivity index (χ4v) is 3.67. The molecular weight excluding hydrogens is 399 g/mol. The average Bonchev–Trinajstić information content (AvgIpc) is 3.01. The molecule has 1 atom stereocenters. The number of phenolic OH excluding ortho intramolecular Hbond substituents is 1. The lowest BCUT2D eigenvalue weighted by molar-refractivity contribution is -0.140. The minimum Gasteiger partial charge on any atom is -0.508 e. The lowest BCUT2D eigenvalue weighted by atomic mass is 9.94. The Labute approximate surface area is 177 Å². The molecule has 7 heteroatoms. The summed E-state index contributed by atoms with van der Waals surface area (Å²) in [4.78, 5) is 31.2. The Hall–Kier alpha value is -4.00. The predicted octanol–water partition coefficient (Wildman–Crippen LogP) is 3.86. The maximum Gasteiger partial charge on any atom is 0.295 e. The standard InChI is InChI=1S/C24H19FN2O4/c1-14-7-8-17(11-19(14)25)22(29)20-21(16-5-2-6-18(28)10-16)27(24(31)23(20)30)13-15-4-3-9-26-12-15/h2-12,21,28-29H,13H2,1H3/b22-20-. The summed E-state index contributed by atoms with van der Waals surface area (Å²) in [6.07, 6.45) is 3.17. The van der Waals surface area contributed by atoms with E-state index in [9.17, 15) is 24.2 Å². The maximum atomic E-state index is 14.1. The van der Waals surface area contributed by atoms with E-state index in [1.807, 2.05) is 0 Å². The number of ketones is 1. The first-order chi connectivity index (χ1) is 14.9. The minimum absolute atomic E-state index is 0.0501. The minimum atomic E-state index is -0.961. The normalized spacial score (nSPS) is 17.9. The number of aliphatic hydroxyl groups is 1. The van der Waals surface area contributed by atoms with E-state index in [-0.39, 0.29) is 23.4 Å². The summed E-state index contributed by atoms with van der Waals surface area (Å²) < 4.78 is 14.1. The molecule has 31 heavy (non-hydrogen) atoms. The lowest BCUT2D eigenvalue weighted by Crippen LogP contribution is -2.29. The van der Waals surface area contributed by atoms with E-state index < -0.39 is 29.3 Å². The summed E-state index contributed by atoms with van der Waals surface area (Å²) in [5.74, 6) is -2.74. The zero-order chi connectivity index (χ0) is 22.1. The summed E-state index contributed by atoms with van der Waals surface area (Å²) in [6.45, 7) is 1.65. The number of benzene rings is 2. The number of nitrogens with zero attached hydrogens (tertiary/aromatic N) is 2. The fourth-order valence-electron chi connectivity index (χ4n) is 3.67. The van der Waals surface area contributed by atoms with Gasteiger partial charge in [0, 0.05) is 24.5 Å². The van der Waals surface area contributed by atoms with Crippen molar-refractivity contribution in [2.24, 2.45) is 0 Å². The van der Waals surface area contributed by atoms with Crippen LogP contribution in [0.5, 0.6) is 5.75 Å². The number of amides is 1. The molecule has 0 spiro atoms. The molecule has 1 aromatic heterocycles. The lowest BCUT2D eigenvalue weighted by Gasteiger charge is -2.25. The van der Waals surface area contributed by atoms with Crippen LogP contribution < -0.4 is 0 Å². The van der Waals surface area contributed by atoms with Crippen molar-refractivity contribution in [2.45, 2.75) is 19.5 Å². The Kier molecular flexibility index (Phi) is 5.25. The second-order valence-corrected chi connectivity index (χ2v) is 7.35. The molecule has 0 aliphatic carbocycles. The van der Waals surface area contributed by atoms with Gasteiger partial charge in [0.05, 0.1) is 11.6 Å². The molecule has 6 nitrogen and oxygen atoms in total. The number of phenols is 1. The van der Waals surface area contributed by atoms with Crippen LogP contribution in [0.1, 0.15) is 28.3 Å². The highest BCUT2D eigenvalue weighted by Crippen LogP contribution is 2.41. The van der Waals surface area contributed by atoms with Crippen molar-refractivity contribution in [1.29, 1.82) is 0 Å². The number of halogens is 1. The Morgan fingerprint density at radius 2 is 1.94 bits per heavy atom. The van der Waals surface area contributed by atoms with Crippen LogP contribution in [0.2, 0.25) is 0 Å². The third-order valence-corrected chi connectivity index (χ3v) is 5.25. The number of rotatable bonds is 4. The molecule has 2 heterocycles. The van der Waals surface area contributed by atoms with Crippen molar-refractivity contribution in [1.82, 2.24) is 9.88 Å². The molecule has 3 aromatic rings. The number of hydrogen-bond donors (Lipinski definition) is 2. The molecule has 0 bridgehead atoms. The van der Waals surface area contributed by atoms with Crippen molar-refractivity contribution >= 4 is 17.4 Å². The Bertz CT molecular complexity index is 1210. The number of hydrogen-bond acceptors (Lipinski definition) is 5. The molecule has 4 rings (SSSR count). The van der Waals surface area contributed by atoms with Crippen LogP contribution in [0.3, 0.4) is 0 Å². The Balaban J connectivity index is 1.88. The first-order valence-corrected chi connectivity index (χ1v) is 9.59. The van der Waals surface area contributed by atoms with E-state index in [1.165, 1.54) is 29.2 Å². The maximum absolute atomic E-state index is 14.1. The van der Waals surface area contributed by atoms with Gasteiger partial charge >= 0.3 is 0 Å². The van der Waals surface area contributed by atoms with Crippen molar-refractivity contribution in [3.05, 3.63) is 101 Å². The van der Waals surface area contributed by atoms with Crippen molar-refractivity contribution < 1.29 is 24.2 Å². The molecule has 156 valence electrons. The highest BCUT2D eigenvalue weighted by atomic mass is 19.1. The molecular formula is C24H19FN2O4. The van der Waals surface area contributed by atoms with E-state index in [0.717, 1.165) is 6.07 Å². The van der Waals surface area contributed by atoms with E-state index >= 15 is 0 Å². The summed E-state index contributed by atoms with van der Waals surface area (Å²) in [5.41, 5.74) is 1.45. The molecule has 1 saturated heterocycles. The highest BCUT2D eigenvalue weighted by molar-refractivity contribution is 6.46. The number of aromatic nitrogens is 1. The SMILES string of the molecule is Cc1ccc(/C(O)=C2/C(=O)C(=O)N(Cc3cccnc3)C2c2cccc(O)c2)cc1F. The van der Waals surface area contributed by atoms with Gasteiger partial charge in [-0.05, 0) is 47.9 Å². The highest BCUT2D eigenvalue weighted by Gasteiger charge is 2.46. The summed E-state index contributed by atoms with van der Waals surface area (Å²) in [7, 11) is 0. The molecule has 1 unspecified atom stereocenters. The average molecular weight is 418 g/mol. The molecule has 1 amide bonds. The van der Waals surface area contributed by atoms with E-state index in [4.69, 9.17) is 0 Å². The number of pyridine rings is 1. The Morgan fingerprint density at radius 1 is 1.13 bits per heavy atom. The monoisotopic (exact) mass is 418 g/mol. The van der Waals surface area contributed by atoms with Gasteiger partial charge in [0.25, 0.3) is 11.7 Å². The number of carbonyl (C=O) groups is 2. The first kappa shape index (κ1) is 20.3. The molecule has 1 fully saturated rings. The van der Waals surface area contributed by atoms with Crippen LogP contribution in [0.25, 0.3) is 5.76 Å². The van der Waals surface area contributed by atoms with Crippen LogP contribution >= 0.6 is 0 Å². The van der Waals surface area contributed by atoms with Crippen molar-refractivity contribution in [3.8, 4) is 5.75 Å². The summed E-state index contributed by atoms with van der Waals surface area (Å²) >= 11 is 0. The van der Waals surface area contributed by atoms with E-state index in [1.54, 1.807) is 43.6 Å². The third-order valence-electron chi connectivity index (χ3n) is 5.25. The smallest absolute Gasteiger partial charge is 0.295 e. The predicted molar refractivity (Wildman–Crippen MR) is 111 cm³/mol. The van der Waals surface area contributed by atoms with Crippen LogP contribution in [0.4, 0.5) is 4.39 Å². The van der Waals surface area contributed by atoms with Gasteiger partial charge in [-0.3, -0.25) is 14.6 Å². The van der Waals surface area contributed by atoms with Crippen molar-refractivity contribution in [2.75, 3.05) is 0 Å². The Morgan fingerprint density at radius 3 is 2.61 bits per heavy atom. The molecule has 2 aromatic carbocycles. The van der Waals surface area contributed by atoms with Crippen LogP contribution in [0.15, 0.2) is 72.6 Å². The second kappa shape index (κ2) is 8.02. The van der Waals surface area contributed by atoms with Gasteiger partial charge in [0.15, 0.2) is 0 Å². The van der Waals surface area contributed by atoms with Crippen LogP contribution in [0, 0.1) is 12.7 Å². The summed E-state index contributed by atoms with van der Waals surface area (Å²) in [5, 5.41) is 20.9. The van der Waals surface area contributed by atoms with Gasteiger partial charge < -0.3 is 15.1 Å². The van der Waals surface area contributed by atoms with Gasteiger partial charge in [0.2, 0.25) is 0 Å². The molecule has 1 aliphatic heterocycles. The number of aliphatic hydroxyl groups excluding tert-OH is 1. The van der Waals surface area contributed by atoms with Gasteiger partial charge in [-0.15, -0.1) is 0 Å². The van der Waals surface area contributed by atoms with Crippen LogP contribution in [-0.4, -0.2) is 31.8 Å². The zero-order valence-corrected chi connectivity index (χ0v) is 16.6. The number of Topliss-reactive ketones (excluding diaryl/α,β-unsaturated/α-hetero) is 1. The van der Waals surface area contributed by atoms with E-state index in [0.29, 0.717) is 16.7 Å². The quantitative estimate of drug-likeness (QED) is 0.382. The van der Waals surface area contributed by atoms with Crippen LogP contribution in [-0.2, 0) is 16.1 Å². The topological polar surface area (TPSA) is 90.7 Å². The van der Waals surface area contributed by atoms with Gasteiger partial charge in [-0.2, -0.15) is 0 Å². The molecule has 0 radical (unpaired) electrons. The number of carbonyl (C=O) groups excluding carboxylic acids is 2. The van der Waals surface area contributed by atoms with E-state index in [2.05, 4.69) is 4.98 Å². The second-order valence-electron chi connectivity index (χ2n) is 7.35. The third kappa shape index (κ3) is 3.77. The largest absolute Gasteiger partial charge is 0.508 e. The molecule has 0 saturated carbocycles. The van der Waals surface area contributed by atoms with Gasteiger partial charge in [-0.25, -0.2) is 4.39 Å². The first-order valence-electron chi connectivity index (χ1n) is 9.59. The molecule has 1 aliphatic rings. The fraction of sp³-hybridized carbons (Fsp3) is 0.125. The zero-order valence-electron chi connectivity index (χ0n) is 16.6. The number of aryl methyl sites for hydroxylation is 1. The van der Waals surface area contributed by atoms with Gasteiger partial charge in [0.1, 0.15) is 17.3 Å². The number of aromatic hydroxyl groups is 1. The summed E-state index contributed by atoms with van der Waals surface area (Å²) in [6, 6.07) is 12.7. The molecule has 2 N–H and O–H groups in total. The van der Waals surface area contributed by atoms with Gasteiger partial charge in [-0.1, -0.05) is 30.3 Å². The van der Waals surface area contributed by atoms with Crippen molar-refractivity contribution in [3.63, 3.8) is 0 Å². The number of likely N-dealkylation sites (tertiary alicyclic amines) is 1.